The van der Waals surface area contributed by atoms with E-state index < -0.39 is 0 Å². The third kappa shape index (κ3) is 4.15. The highest BCUT2D eigenvalue weighted by Crippen LogP contribution is 2.23. The Hall–Kier alpha value is -1.19. The lowest BCUT2D eigenvalue weighted by Crippen LogP contribution is -2.18. The molecule has 2 rings (SSSR count). The van der Waals surface area contributed by atoms with E-state index >= 15 is 0 Å². The molecule has 1 atom stereocenters. The summed E-state index contributed by atoms with van der Waals surface area (Å²) in [5.41, 5.74) is 2.09. The third-order valence-corrected chi connectivity index (χ3v) is 3.99. The van der Waals surface area contributed by atoms with Crippen LogP contribution in [0.3, 0.4) is 0 Å². The number of likely N-dealkylation sites (N-methyl/N-ethyl adjacent to an activating group) is 1. The molecule has 0 spiro atoms. The van der Waals surface area contributed by atoms with Crippen molar-refractivity contribution in [2.75, 3.05) is 13.6 Å². The van der Waals surface area contributed by atoms with Gasteiger partial charge in [0.25, 0.3) is 0 Å². The molecule has 0 fully saturated rings. The number of nitrogens with one attached hydrogen (secondary N) is 1. The molecule has 3 heteroatoms. The summed E-state index contributed by atoms with van der Waals surface area (Å²) in [6.07, 6.45) is 1.68. The molecule has 0 aliphatic carbocycles. The van der Waals surface area contributed by atoms with Gasteiger partial charge in [0.05, 0.1) is 0 Å². The molecule has 0 aliphatic rings. The number of aryl methyl sites for hydroxylation is 1. The second kappa shape index (κ2) is 7.55. The molecule has 0 bridgehead atoms. The van der Waals surface area contributed by atoms with Crippen LogP contribution >= 0.6 is 15.9 Å². The average molecular weight is 336 g/mol. The van der Waals surface area contributed by atoms with Crippen LogP contribution in [0.5, 0.6) is 0 Å². The fraction of sp³-hybridized carbons (Fsp3) is 0.294. The first-order valence-electron chi connectivity index (χ1n) is 6.84. The number of halogens is 2. The zero-order valence-electron chi connectivity index (χ0n) is 11.6. The van der Waals surface area contributed by atoms with Crippen LogP contribution < -0.4 is 5.32 Å². The minimum atomic E-state index is -0.129. The van der Waals surface area contributed by atoms with E-state index in [1.54, 1.807) is 0 Å². The smallest absolute Gasteiger partial charge is 0.127 e. The molecule has 1 nitrogen and oxygen atoms in total. The van der Waals surface area contributed by atoms with E-state index in [1.165, 1.54) is 11.6 Å². The monoisotopic (exact) mass is 335 g/mol. The molecule has 0 radical (unpaired) electrons. The Morgan fingerprint density at radius 3 is 2.55 bits per heavy atom. The van der Waals surface area contributed by atoms with Gasteiger partial charge in [-0.25, -0.2) is 4.39 Å². The summed E-state index contributed by atoms with van der Waals surface area (Å²) in [6, 6.07) is 15.7. The summed E-state index contributed by atoms with van der Waals surface area (Å²) in [7, 11) is 1.95. The standard InChI is InChI=1S/C17H19BrFN/c1-20-12-15(13-5-3-2-4-6-13)8-7-14-9-10-16(18)11-17(14)19/h2-6,9-11,15,20H,7-8,12H2,1H3. The molecular formula is C17H19BrFN. The van der Waals surface area contributed by atoms with Crippen LogP contribution in [0.2, 0.25) is 0 Å². The maximum Gasteiger partial charge on any atom is 0.127 e. The first-order valence-corrected chi connectivity index (χ1v) is 7.63. The molecular weight excluding hydrogens is 317 g/mol. The zero-order valence-corrected chi connectivity index (χ0v) is 13.2. The molecule has 0 aromatic heterocycles. The lowest BCUT2D eigenvalue weighted by Gasteiger charge is -2.17. The second-order valence-electron chi connectivity index (χ2n) is 4.94. The van der Waals surface area contributed by atoms with E-state index in [0.29, 0.717) is 5.92 Å². The predicted octanol–water partition coefficient (Wildman–Crippen LogP) is 4.52. The average Bonchev–Trinajstić information content (AvgIpc) is 2.46. The van der Waals surface area contributed by atoms with Gasteiger partial charge >= 0.3 is 0 Å². The predicted molar refractivity (Wildman–Crippen MR) is 85.5 cm³/mol. The van der Waals surface area contributed by atoms with Crippen molar-refractivity contribution >= 4 is 15.9 Å². The minimum Gasteiger partial charge on any atom is -0.319 e. The van der Waals surface area contributed by atoms with Crippen LogP contribution in [0.25, 0.3) is 0 Å². The lowest BCUT2D eigenvalue weighted by atomic mass is 9.92. The van der Waals surface area contributed by atoms with Gasteiger partial charge in [0, 0.05) is 11.0 Å². The molecule has 0 saturated carbocycles. The van der Waals surface area contributed by atoms with E-state index in [2.05, 4.69) is 45.5 Å². The topological polar surface area (TPSA) is 12.0 Å². The summed E-state index contributed by atoms with van der Waals surface area (Å²) in [6.45, 7) is 0.905. The quantitative estimate of drug-likeness (QED) is 0.818. The highest BCUT2D eigenvalue weighted by atomic mass is 79.9. The molecule has 1 unspecified atom stereocenters. The van der Waals surface area contributed by atoms with Crippen LogP contribution in [0.1, 0.15) is 23.5 Å². The van der Waals surface area contributed by atoms with Gasteiger partial charge in [0.2, 0.25) is 0 Å². The van der Waals surface area contributed by atoms with Crippen LogP contribution in [0, 0.1) is 5.82 Å². The molecule has 0 saturated heterocycles. The normalized spacial score (nSPS) is 12.3. The van der Waals surface area contributed by atoms with Crippen LogP contribution in [0.4, 0.5) is 4.39 Å². The molecule has 2 aromatic rings. The first kappa shape index (κ1) is 15.2. The molecule has 2 aromatic carbocycles. The molecule has 0 aliphatic heterocycles. The van der Waals surface area contributed by atoms with Crippen LogP contribution in [0.15, 0.2) is 53.0 Å². The van der Waals surface area contributed by atoms with Gasteiger partial charge in [-0.2, -0.15) is 0 Å². The Labute approximate surface area is 128 Å². The van der Waals surface area contributed by atoms with Crippen molar-refractivity contribution in [3.8, 4) is 0 Å². The van der Waals surface area contributed by atoms with E-state index in [-0.39, 0.29) is 5.82 Å². The van der Waals surface area contributed by atoms with E-state index in [0.717, 1.165) is 29.4 Å². The maximum absolute atomic E-state index is 13.8. The minimum absolute atomic E-state index is 0.129. The summed E-state index contributed by atoms with van der Waals surface area (Å²) >= 11 is 3.29. The Bertz CT molecular complexity index is 542. The van der Waals surface area contributed by atoms with Gasteiger partial charge in [-0.3, -0.25) is 0 Å². The van der Waals surface area contributed by atoms with E-state index in [9.17, 15) is 4.39 Å². The van der Waals surface area contributed by atoms with Gasteiger partial charge in [0.1, 0.15) is 5.82 Å². The van der Waals surface area contributed by atoms with Crippen molar-refractivity contribution in [1.82, 2.24) is 5.32 Å². The Balaban J connectivity index is 2.06. The van der Waals surface area contributed by atoms with Crippen molar-refractivity contribution in [3.63, 3.8) is 0 Å². The highest BCUT2D eigenvalue weighted by Gasteiger charge is 2.12. The SMILES string of the molecule is CNCC(CCc1ccc(Br)cc1F)c1ccccc1. The van der Waals surface area contributed by atoms with Gasteiger partial charge in [-0.1, -0.05) is 52.3 Å². The van der Waals surface area contributed by atoms with Crippen molar-refractivity contribution in [1.29, 1.82) is 0 Å². The summed E-state index contributed by atoms with van der Waals surface area (Å²) in [4.78, 5) is 0. The number of hydrogen-bond donors (Lipinski definition) is 1. The second-order valence-corrected chi connectivity index (χ2v) is 5.86. The van der Waals surface area contributed by atoms with Gasteiger partial charge in [0.15, 0.2) is 0 Å². The fourth-order valence-corrected chi connectivity index (χ4v) is 2.75. The van der Waals surface area contributed by atoms with Gasteiger partial charge in [-0.15, -0.1) is 0 Å². The lowest BCUT2D eigenvalue weighted by molar-refractivity contribution is 0.560. The summed E-state index contributed by atoms with van der Waals surface area (Å²) in [5, 5.41) is 3.23. The fourth-order valence-electron chi connectivity index (χ4n) is 2.41. The molecule has 0 amide bonds. The molecule has 0 heterocycles. The third-order valence-electron chi connectivity index (χ3n) is 3.50. The first-order chi connectivity index (χ1) is 9.70. The maximum atomic E-state index is 13.8. The van der Waals surface area contributed by atoms with Crippen molar-refractivity contribution in [3.05, 3.63) is 69.9 Å². The number of hydrogen-bond acceptors (Lipinski definition) is 1. The number of benzene rings is 2. The van der Waals surface area contributed by atoms with E-state index in [4.69, 9.17) is 0 Å². The van der Waals surface area contributed by atoms with Crippen LogP contribution in [-0.2, 0) is 6.42 Å². The van der Waals surface area contributed by atoms with Crippen molar-refractivity contribution in [2.45, 2.75) is 18.8 Å². The molecule has 106 valence electrons. The Kier molecular flexibility index (Phi) is 5.74. The van der Waals surface area contributed by atoms with E-state index in [1.807, 2.05) is 25.2 Å². The Morgan fingerprint density at radius 2 is 1.90 bits per heavy atom. The summed E-state index contributed by atoms with van der Waals surface area (Å²) in [5.74, 6) is 0.278. The number of rotatable bonds is 6. The van der Waals surface area contributed by atoms with Crippen LogP contribution in [-0.4, -0.2) is 13.6 Å². The summed E-state index contributed by atoms with van der Waals surface area (Å²) < 4.78 is 14.6. The molecule has 20 heavy (non-hydrogen) atoms. The van der Waals surface area contributed by atoms with Gasteiger partial charge < -0.3 is 5.32 Å². The largest absolute Gasteiger partial charge is 0.319 e. The Morgan fingerprint density at radius 1 is 1.15 bits per heavy atom. The highest BCUT2D eigenvalue weighted by molar-refractivity contribution is 9.10. The van der Waals surface area contributed by atoms with Gasteiger partial charge in [-0.05, 0) is 49.1 Å². The zero-order chi connectivity index (χ0) is 14.4. The molecule has 1 N–H and O–H groups in total. The van der Waals surface area contributed by atoms with Crippen molar-refractivity contribution < 1.29 is 4.39 Å². The van der Waals surface area contributed by atoms with Crippen molar-refractivity contribution in [2.24, 2.45) is 0 Å².